The molecule has 0 amide bonds. The van der Waals surface area contributed by atoms with Crippen LogP contribution in [0.15, 0.2) is 176 Å². The molecule has 0 saturated heterocycles. The van der Waals surface area contributed by atoms with Gasteiger partial charge in [-0.3, -0.25) is 0 Å². The summed E-state index contributed by atoms with van der Waals surface area (Å²) in [6, 6.07) is 43.9. The minimum atomic E-state index is 0.178. The third kappa shape index (κ3) is 7.14. The Balaban J connectivity index is 0.920. The topological polar surface area (TPSA) is 59.0 Å². The third-order valence-corrected chi connectivity index (χ3v) is 15.8. The maximum Gasteiger partial charge on any atom is 0.139 e. The van der Waals surface area contributed by atoms with Crippen LogP contribution in [0, 0.1) is 11.3 Å². The van der Waals surface area contributed by atoms with Crippen LogP contribution in [0.4, 0.5) is 17.1 Å². The molecule has 0 bridgehead atoms. The first kappa shape index (κ1) is 42.9. The van der Waals surface area contributed by atoms with Crippen molar-refractivity contribution >= 4 is 105 Å². The van der Waals surface area contributed by atoms with E-state index in [9.17, 15) is 0 Å². The Bertz CT molecular complexity index is 3850. The molecule has 11 aromatic rings. The SMILES string of the molecule is C=CC(C(CCC)N(C)c1ccc2oc3cc4oc5ccc(-c6ccc7oc8cc9oc%10ccc(N%11C/C=C\C/C=C\Cc%12ccccc%12%11)cc%10c9cc8c7c6)cc5c4cc3c2c1)C(C)(CC)CC. The van der Waals surface area contributed by atoms with Crippen LogP contribution in [-0.2, 0) is 6.42 Å². The lowest BCUT2D eigenvalue weighted by molar-refractivity contribution is 0.173. The number of rotatable bonds is 11. The molecule has 12 rings (SSSR count). The van der Waals surface area contributed by atoms with Crippen molar-refractivity contribution in [1.29, 1.82) is 0 Å². The number of nitrogens with zero attached hydrogens (tertiary/aromatic N) is 2. The van der Waals surface area contributed by atoms with Crippen LogP contribution in [0.3, 0.4) is 0 Å². The normalized spacial score (nSPS) is 15.5. The Morgan fingerprint density at radius 3 is 1.68 bits per heavy atom. The van der Waals surface area contributed by atoms with E-state index in [1.165, 1.54) is 16.9 Å². The van der Waals surface area contributed by atoms with Gasteiger partial charge in [-0.2, -0.15) is 0 Å². The van der Waals surface area contributed by atoms with E-state index in [0.29, 0.717) is 12.0 Å². The van der Waals surface area contributed by atoms with Crippen LogP contribution < -0.4 is 9.80 Å². The smallest absolute Gasteiger partial charge is 0.139 e. The van der Waals surface area contributed by atoms with Crippen LogP contribution in [0.1, 0.15) is 65.4 Å². The van der Waals surface area contributed by atoms with Gasteiger partial charge < -0.3 is 27.5 Å². The van der Waals surface area contributed by atoms with Crippen molar-refractivity contribution in [3.8, 4) is 11.1 Å². The Morgan fingerprint density at radius 2 is 1.10 bits per heavy atom. The van der Waals surface area contributed by atoms with Gasteiger partial charge in [-0.25, -0.2) is 0 Å². The van der Waals surface area contributed by atoms with E-state index in [2.05, 4.69) is 203 Å². The zero-order chi connectivity index (χ0) is 47.0. The quantitative estimate of drug-likeness (QED) is 0.121. The molecule has 6 heteroatoms. The molecule has 2 unspecified atom stereocenters. The van der Waals surface area contributed by atoms with Crippen molar-refractivity contribution in [1.82, 2.24) is 0 Å². The summed E-state index contributed by atoms with van der Waals surface area (Å²) in [4.78, 5) is 4.90. The van der Waals surface area contributed by atoms with E-state index in [0.717, 1.165) is 150 Å². The molecule has 7 aromatic carbocycles. The van der Waals surface area contributed by atoms with E-state index in [4.69, 9.17) is 17.7 Å². The van der Waals surface area contributed by atoms with Crippen molar-refractivity contribution < 1.29 is 17.7 Å². The molecule has 6 nitrogen and oxygen atoms in total. The summed E-state index contributed by atoms with van der Waals surface area (Å²) in [5.41, 5.74) is 13.9. The number of hydrogen-bond donors (Lipinski definition) is 0. The van der Waals surface area contributed by atoms with Crippen LogP contribution in [0.2, 0.25) is 0 Å². The van der Waals surface area contributed by atoms with Crippen molar-refractivity contribution in [3.63, 3.8) is 0 Å². The van der Waals surface area contributed by atoms with Gasteiger partial charge in [0.05, 0.1) is 0 Å². The van der Waals surface area contributed by atoms with Gasteiger partial charge in [-0.1, -0.05) is 108 Å². The van der Waals surface area contributed by atoms with E-state index in [1.807, 2.05) is 0 Å². The fraction of sp³-hybridized carbons (Fsp3) is 0.238. The van der Waals surface area contributed by atoms with Gasteiger partial charge in [-0.05, 0) is 120 Å². The molecule has 0 radical (unpaired) electrons. The highest BCUT2D eigenvalue weighted by Crippen LogP contribution is 2.45. The van der Waals surface area contributed by atoms with E-state index < -0.39 is 0 Å². The van der Waals surface area contributed by atoms with E-state index >= 15 is 0 Å². The van der Waals surface area contributed by atoms with Gasteiger partial charge in [0.15, 0.2) is 0 Å². The predicted molar refractivity (Wildman–Crippen MR) is 291 cm³/mol. The molecular weight excluding hydrogens is 849 g/mol. The average Bonchev–Trinajstić information content (AvgIpc) is 4.14. The summed E-state index contributed by atoms with van der Waals surface area (Å²) in [6.07, 6.45) is 17.5. The third-order valence-electron chi connectivity index (χ3n) is 15.8. The molecule has 0 saturated carbocycles. The second kappa shape index (κ2) is 17.0. The highest BCUT2D eigenvalue weighted by molar-refractivity contribution is 6.18. The summed E-state index contributed by atoms with van der Waals surface area (Å²) in [5, 5.41) is 8.62. The van der Waals surface area contributed by atoms with E-state index in [-0.39, 0.29) is 5.41 Å². The summed E-state index contributed by atoms with van der Waals surface area (Å²) >= 11 is 0. The number of allylic oxidation sites excluding steroid dienone is 3. The van der Waals surface area contributed by atoms with Crippen molar-refractivity contribution in [2.75, 3.05) is 23.4 Å². The van der Waals surface area contributed by atoms with Gasteiger partial charge >= 0.3 is 0 Å². The molecule has 0 aliphatic carbocycles. The number of furan rings is 4. The highest BCUT2D eigenvalue weighted by atomic mass is 16.3. The molecule has 344 valence electrons. The molecule has 5 heterocycles. The highest BCUT2D eigenvalue weighted by Gasteiger charge is 2.36. The zero-order valence-corrected chi connectivity index (χ0v) is 40.3. The van der Waals surface area contributed by atoms with Gasteiger partial charge in [0.25, 0.3) is 0 Å². The van der Waals surface area contributed by atoms with Gasteiger partial charge in [0.1, 0.15) is 44.7 Å². The Hall–Kier alpha value is -7.44. The maximum atomic E-state index is 6.52. The number of anilines is 3. The summed E-state index contributed by atoms with van der Waals surface area (Å²) in [5.74, 6) is 0.360. The van der Waals surface area contributed by atoms with Crippen LogP contribution in [0.5, 0.6) is 0 Å². The first-order valence-electron chi connectivity index (χ1n) is 24.9. The molecule has 0 fully saturated rings. The van der Waals surface area contributed by atoms with Crippen molar-refractivity contribution in [2.24, 2.45) is 11.3 Å². The summed E-state index contributed by atoms with van der Waals surface area (Å²) in [7, 11) is 2.25. The van der Waals surface area contributed by atoms with Crippen LogP contribution >= 0.6 is 0 Å². The van der Waals surface area contributed by atoms with Crippen LogP contribution in [-0.4, -0.2) is 19.6 Å². The molecule has 2 atom stereocenters. The van der Waals surface area contributed by atoms with Crippen molar-refractivity contribution in [3.05, 3.63) is 164 Å². The minimum absolute atomic E-state index is 0.178. The second-order valence-corrected chi connectivity index (χ2v) is 19.6. The Labute approximate surface area is 402 Å². The van der Waals surface area contributed by atoms with Crippen LogP contribution in [0.25, 0.3) is 98.9 Å². The summed E-state index contributed by atoms with van der Waals surface area (Å²) in [6.45, 7) is 14.5. The molecule has 0 spiro atoms. The van der Waals surface area contributed by atoms with Gasteiger partial charge in [0.2, 0.25) is 0 Å². The van der Waals surface area contributed by atoms with Gasteiger partial charge in [0, 0.05) is 97.8 Å². The lowest BCUT2D eigenvalue weighted by Gasteiger charge is -2.44. The Morgan fingerprint density at radius 1 is 0.580 bits per heavy atom. The monoisotopic (exact) mass is 906 g/mol. The molecular formula is C63H58N2O4. The standard InChI is InChI=1S/C63H58N2O4/c1-7-18-54(52(8-2)63(5,9-3)10-4)64(6)42-24-28-57-46(33-42)50-35-48-44-31-40(22-26-55(44)66-59(48)37-61(50)68-57)41-23-27-56-45(32-41)49-36-51-47-34-43(25-29-58(47)69-62(51)38-60(49)67-56)65-30-17-13-11-12-14-19-39-20-15-16-21-53(39)65/h8,12-17,20-29,31-38,52,54H,2,7,9-11,18-19,30H2,1,3-6H3/b14-12-,17-13-. The lowest BCUT2D eigenvalue weighted by Crippen LogP contribution is -2.44. The minimum Gasteiger partial charge on any atom is -0.456 e. The second-order valence-electron chi connectivity index (χ2n) is 19.6. The van der Waals surface area contributed by atoms with Gasteiger partial charge in [-0.15, -0.1) is 6.58 Å². The lowest BCUT2D eigenvalue weighted by atomic mass is 9.68. The molecule has 0 N–H and O–H groups in total. The number of hydrogen-bond acceptors (Lipinski definition) is 6. The van der Waals surface area contributed by atoms with E-state index in [1.54, 1.807) is 0 Å². The first-order chi connectivity index (χ1) is 33.7. The summed E-state index contributed by atoms with van der Waals surface area (Å²) < 4.78 is 26.0. The molecule has 4 aromatic heterocycles. The fourth-order valence-electron chi connectivity index (χ4n) is 11.5. The molecule has 1 aliphatic heterocycles. The first-order valence-corrected chi connectivity index (χ1v) is 24.9. The Kier molecular flexibility index (Phi) is 10.5. The molecule has 1 aliphatic rings. The fourth-order valence-corrected chi connectivity index (χ4v) is 11.5. The predicted octanol–water partition coefficient (Wildman–Crippen LogP) is 18.4. The average molecular weight is 907 g/mol. The number of para-hydroxylation sites is 1. The molecule has 69 heavy (non-hydrogen) atoms. The largest absolute Gasteiger partial charge is 0.456 e. The van der Waals surface area contributed by atoms with Crippen molar-refractivity contribution in [2.45, 2.75) is 72.3 Å². The number of fused-ring (bicyclic) bond motifs is 13. The number of benzene rings is 7. The maximum absolute atomic E-state index is 6.52. The zero-order valence-electron chi connectivity index (χ0n) is 40.3.